The van der Waals surface area contributed by atoms with E-state index in [4.69, 9.17) is 5.73 Å². The third-order valence-corrected chi connectivity index (χ3v) is 1.64. The Morgan fingerprint density at radius 2 is 2.33 bits per heavy atom. The third kappa shape index (κ3) is 1.69. The fourth-order valence-corrected chi connectivity index (χ4v) is 1.10. The molecule has 1 aromatic heterocycles. The highest BCUT2D eigenvalue weighted by molar-refractivity contribution is 5.39. The first-order chi connectivity index (χ1) is 5.65. The highest BCUT2D eigenvalue weighted by Gasteiger charge is 2.06. The minimum absolute atomic E-state index is 0.392. The van der Waals surface area contributed by atoms with E-state index >= 15 is 0 Å². The lowest BCUT2D eigenvalue weighted by Crippen LogP contribution is -2.07. The highest BCUT2D eigenvalue weighted by atomic mass is 15.2. The van der Waals surface area contributed by atoms with Crippen molar-refractivity contribution >= 4 is 11.8 Å². The minimum Gasteiger partial charge on any atom is -0.382 e. The summed E-state index contributed by atoms with van der Waals surface area (Å²) in [6, 6.07) is 0.392. The number of nitrogen functional groups attached to an aromatic ring is 1. The number of nitrogens with zero attached hydrogens (tertiary/aromatic N) is 2. The van der Waals surface area contributed by atoms with Crippen molar-refractivity contribution < 1.29 is 0 Å². The highest BCUT2D eigenvalue weighted by Crippen LogP contribution is 2.16. The fourth-order valence-electron chi connectivity index (χ4n) is 1.10. The Balaban J connectivity index is 2.92. The number of hydrogen-bond donors (Lipinski definition) is 2. The molecule has 68 valence electrons. The maximum Gasteiger partial charge on any atom is 0.205 e. The zero-order valence-electron chi connectivity index (χ0n) is 7.83. The maximum atomic E-state index is 5.58. The van der Waals surface area contributed by atoms with Crippen LogP contribution in [0.2, 0.25) is 0 Å². The molecule has 0 aliphatic carbocycles. The van der Waals surface area contributed by atoms with Crippen LogP contribution in [0.1, 0.15) is 26.8 Å². The smallest absolute Gasteiger partial charge is 0.205 e. The monoisotopic (exact) mass is 168 g/mol. The van der Waals surface area contributed by atoms with Crippen molar-refractivity contribution in [2.75, 3.05) is 17.6 Å². The van der Waals surface area contributed by atoms with Gasteiger partial charge >= 0.3 is 0 Å². The second kappa shape index (κ2) is 3.47. The molecular weight excluding hydrogens is 152 g/mol. The lowest BCUT2D eigenvalue weighted by atomic mass is 10.4. The van der Waals surface area contributed by atoms with E-state index in [2.05, 4.69) is 24.1 Å². The van der Waals surface area contributed by atoms with Gasteiger partial charge < -0.3 is 15.6 Å². The van der Waals surface area contributed by atoms with Crippen LogP contribution in [0, 0.1) is 0 Å². The van der Waals surface area contributed by atoms with Crippen molar-refractivity contribution in [2.45, 2.75) is 26.8 Å². The van der Waals surface area contributed by atoms with Gasteiger partial charge in [-0.15, -0.1) is 0 Å². The molecule has 1 aromatic rings. The summed E-state index contributed by atoms with van der Waals surface area (Å²) in [5.74, 6) is 1.42. The summed E-state index contributed by atoms with van der Waals surface area (Å²) >= 11 is 0. The van der Waals surface area contributed by atoms with Gasteiger partial charge in [-0.1, -0.05) is 0 Å². The van der Waals surface area contributed by atoms with Gasteiger partial charge in [0, 0.05) is 18.8 Å². The summed E-state index contributed by atoms with van der Waals surface area (Å²) in [7, 11) is 0. The lowest BCUT2D eigenvalue weighted by Gasteiger charge is -2.10. The van der Waals surface area contributed by atoms with Gasteiger partial charge in [-0.2, -0.15) is 4.98 Å². The van der Waals surface area contributed by atoms with E-state index in [0.29, 0.717) is 11.9 Å². The predicted octanol–water partition coefficient (Wildman–Crippen LogP) is 1.48. The van der Waals surface area contributed by atoms with Gasteiger partial charge in [0.15, 0.2) is 0 Å². The molecule has 0 aliphatic rings. The van der Waals surface area contributed by atoms with Gasteiger partial charge in [-0.3, -0.25) is 0 Å². The second-order valence-electron chi connectivity index (χ2n) is 3.02. The van der Waals surface area contributed by atoms with Gasteiger partial charge in [0.1, 0.15) is 5.82 Å². The molecule has 0 aliphatic heterocycles. The van der Waals surface area contributed by atoms with Crippen LogP contribution in [0.4, 0.5) is 11.8 Å². The average molecular weight is 168 g/mol. The largest absolute Gasteiger partial charge is 0.382 e. The van der Waals surface area contributed by atoms with Crippen molar-refractivity contribution in [3.8, 4) is 0 Å². The Morgan fingerprint density at radius 3 is 2.83 bits per heavy atom. The molecule has 1 rings (SSSR count). The number of nitrogens with two attached hydrogens (primary N) is 1. The van der Waals surface area contributed by atoms with Crippen molar-refractivity contribution in [2.24, 2.45) is 0 Å². The summed E-state index contributed by atoms with van der Waals surface area (Å²) in [4.78, 5) is 4.15. The van der Waals surface area contributed by atoms with Crippen LogP contribution in [0.15, 0.2) is 6.20 Å². The molecule has 4 nitrogen and oxygen atoms in total. The van der Waals surface area contributed by atoms with Crippen LogP contribution in [0.25, 0.3) is 0 Å². The van der Waals surface area contributed by atoms with Crippen molar-refractivity contribution in [3.63, 3.8) is 0 Å². The summed E-state index contributed by atoms with van der Waals surface area (Å²) < 4.78 is 2.03. The fraction of sp³-hybridized carbons (Fsp3) is 0.625. The Bertz CT molecular complexity index is 252. The summed E-state index contributed by atoms with van der Waals surface area (Å²) in [5, 5.41) is 3.15. The first-order valence-corrected chi connectivity index (χ1v) is 4.23. The number of anilines is 2. The molecule has 0 radical (unpaired) electrons. The van der Waals surface area contributed by atoms with Crippen LogP contribution >= 0.6 is 0 Å². The number of rotatable bonds is 3. The van der Waals surface area contributed by atoms with Crippen LogP contribution in [-0.4, -0.2) is 16.1 Å². The molecule has 3 N–H and O–H groups in total. The molecule has 0 fully saturated rings. The molecular formula is C8H16N4. The van der Waals surface area contributed by atoms with Gasteiger partial charge in [0.25, 0.3) is 0 Å². The molecule has 0 saturated carbocycles. The average Bonchev–Trinajstić information content (AvgIpc) is 2.32. The van der Waals surface area contributed by atoms with E-state index in [1.165, 1.54) is 0 Å². The SMILES string of the molecule is CCNc1nc(N)cn1C(C)C. The van der Waals surface area contributed by atoms with Gasteiger partial charge in [-0.25, -0.2) is 0 Å². The normalized spacial score (nSPS) is 10.7. The topological polar surface area (TPSA) is 55.9 Å². The van der Waals surface area contributed by atoms with E-state index in [-0.39, 0.29) is 0 Å². The van der Waals surface area contributed by atoms with Crippen molar-refractivity contribution in [3.05, 3.63) is 6.20 Å². The molecule has 0 aromatic carbocycles. The standard InChI is InChI=1S/C8H16N4/c1-4-10-8-11-7(9)5-12(8)6(2)3/h5-6H,4,9H2,1-3H3,(H,10,11). The Kier molecular flexibility index (Phi) is 2.58. The van der Waals surface area contributed by atoms with Crippen LogP contribution in [-0.2, 0) is 0 Å². The maximum absolute atomic E-state index is 5.58. The molecule has 0 unspecified atom stereocenters. The second-order valence-corrected chi connectivity index (χ2v) is 3.02. The number of hydrogen-bond acceptors (Lipinski definition) is 3. The molecule has 12 heavy (non-hydrogen) atoms. The first kappa shape index (κ1) is 8.90. The molecule has 0 bridgehead atoms. The molecule has 1 heterocycles. The van der Waals surface area contributed by atoms with Crippen LogP contribution < -0.4 is 11.1 Å². The molecule has 4 heteroatoms. The van der Waals surface area contributed by atoms with E-state index in [1.54, 1.807) is 0 Å². The van der Waals surface area contributed by atoms with Gasteiger partial charge in [-0.05, 0) is 20.8 Å². The zero-order valence-corrected chi connectivity index (χ0v) is 7.83. The number of imidazole rings is 1. The first-order valence-electron chi connectivity index (χ1n) is 4.23. The molecule has 0 amide bonds. The van der Waals surface area contributed by atoms with Crippen LogP contribution in [0.3, 0.4) is 0 Å². The lowest BCUT2D eigenvalue weighted by molar-refractivity contribution is 0.605. The van der Waals surface area contributed by atoms with E-state index in [0.717, 1.165) is 12.5 Å². The minimum atomic E-state index is 0.392. The predicted molar refractivity (Wildman–Crippen MR) is 51.2 cm³/mol. The summed E-state index contributed by atoms with van der Waals surface area (Å²) in [5.41, 5.74) is 5.58. The van der Waals surface area contributed by atoms with Crippen LogP contribution in [0.5, 0.6) is 0 Å². The molecule has 0 spiro atoms. The molecule has 0 saturated heterocycles. The third-order valence-electron chi connectivity index (χ3n) is 1.64. The number of aromatic nitrogens is 2. The van der Waals surface area contributed by atoms with E-state index in [1.807, 2.05) is 17.7 Å². The van der Waals surface area contributed by atoms with Crippen molar-refractivity contribution in [1.82, 2.24) is 9.55 Å². The molecule has 0 atom stereocenters. The van der Waals surface area contributed by atoms with E-state index < -0.39 is 0 Å². The zero-order chi connectivity index (χ0) is 9.14. The van der Waals surface area contributed by atoms with Gasteiger partial charge in [0.05, 0.1) is 0 Å². The Labute approximate surface area is 72.8 Å². The Morgan fingerprint density at radius 1 is 1.67 bits per heavy atom. The van der Waals surface area contributed by atoms with Gasteiger partial charge in [0.2, 0.25) is 5.95 Å². The van der Waals surface area contributed by atoms with E-state index in [9.17, 15) is 0 Å². The van der Waals surface area contributed by atoms with Crippen molar-refractivity contribution in [1.29, 1.82) is 0 Å². The quantitative estimate of drug-likeness (QED) is 0.718. The Hall–Kier alpha value is -1.19. The summed E-state index contributed by atoms with van der Waals surface area (Å²) in [6.07, 6.45) is 1.85. The summed E-state index contributed by atoms with van der Waals surface area (Å²) in [6.45, 7) is 7.10. The number of nitrogens with one attached hydrogen (secondary N) is 1.